The lowest BCUT2D eigenvalue weighted by Gasteiger charge is -2.28. The topological polar surface area (TPSA) is 26.0 Å². The van der Waals surface area contributed by atoms with Gasteiger partial charge in [0.2, 0.25) is 0 Å². The van der Waals surface area contributed by atoms with Gasteiger partial charge in [-0.3, -0.25) is 0 Å². The van der Waals surface area contributed by atoms with E-state index in [1.165, 1.54) is 11.1 Å². The molecule has 2 aromatic carbocycles. The summed E-state index contributed by atoms with van der Waals surface area (Å²) in [6.07, 6.45) is 0. The predicted molar refractivity (Wildman–Crippen MR) is 70.7 cm³/mol. The van der Waals surface area contributed by atoms with Crippen LogP contribution in [0.4, 0.5) is 0 Å². The summed E-state index contributed by atoms with van der Waals surface area (Å²) >= 11 is 0. The molecule has 0 amide bonds. The smallest absolute Gasteiger partial charge is 0.122 e. The summed E-state index contributed by atoms with van der Waals surface area (Å²) in [6.45, 7) is 1.69. The van der Waals surface area contributed by atoms with Gasteiger partial charge in [0, 0.05) is 11.1 Å². The van der Waals surface area contributed by atoms with E-state index in [4.69, 9.17) is 5.84 Å². The molecule has 0 spiro atoms. The maximum absolute atomic E-state index is 6.32. The van der Waals surface area contributed by atoms with E-state index in [9.17, 15) is 0 Å². The first-order valence-corrected chi connectivity index (χ1v) is 5.87. The molecule has 0 aromatic heterocycles. The summed E-state index contributed by atoms with van der Waals surface area (Å²) in [5, 5.41) is 0. The number of benzene rings is 2. The van der Waals surface area contributed by atoms with Crippen LogP contribution in [0.25, 0.3) is 0 Å². The second-order valence-corrected chi connectivity index (χ2v) is 4.77. The Morgan fingerprint density at radius 3 is 1.47 bits per heavy atom. The van der Waals surface area contributed by atoms with E-state index in [1.54, 1.807) is 0 Å². The van der Waals surface area contributed by atoms with E-state index in [0.29, 0.717) is 4.59 Å². The normalized spacial score (nSPS) is 11.4. The van der Waals surface area contributed by atoms with Gasteiger partial charge in [-0.1, -0.05) is 60.7 Å². The van der Waals surface area contributed by atoms with E-state index in [2.05, 4.69) is 55.6 Å². The van der Waals surface area contributed by atoms with E-state index < -0.39 is 0 Å². The fraction of sp³-hybridized carbons (Fsp3) is 0.200. The second kappa shape index (κ2) is 5.13. The van der Waals surface area contributed by atoms with E-state index in [-0.39, 0.29) is 0 Å². The van der Waals surface area contributed by atoms with Crippen LogP contribution in [0.1, 0.15) is 11.1 Å². The van der Waals surface area contributed by atoms with E-state index in [1.807, 2.05) is 12.1 Å². The molecule has 17 heavy (non-hydrogen) atoms. The molecule has 2 nitrogen and oxygen atoms in total. The SMILES string of the molecule is C[N+](N)(Cc1ccccc1)Cc1ccccc1. The highest BCUT2D eigenvalue weighted by Gasteiger charge is 2.17. The van der Waals surface area contributed by atoms with Crippen LogP contribution in [0, 0.1) is 0 Å². The molecule has 0 aliphatic rings. The van der Waals surface area contributed by atoms with Crippen molar-refractivity contribution < 1.29 is 4.59 Å². The molecule has 2 N–H and O–H groups in total. The van der Waals surface area contributed by atoms with Crippen molar-refractivity contribution in [2.24, 2.45) is 5.84 Å². The van der Waals surface area contributed by atoms with Crippen molar-refractivity contribution in [3.63, 3.8) is 0 Å². The third-order valence-electron chi connectivity index (χ3n) is 2.77. The largest absolute Gasteiger partial charge is 0.243 e. The lowest BCUT2D eigenvalue weighted by molar-refractivity contribution is -0.947. The molecule has 0 heterocycles. The molecule has 0 fully saturated rings. The van der Waals surface area contributed by atoms with E-state index in [0.717, 1.165) is 13.1 Å². The lowest BCUT2D eigenvalue weighted by Crippen LogP contribution is -2.48. The summed E-state index contributed by atoms with van der Waals surface area (Å²) in [7, 11) is 2.06. The number of hydrogen-bond acceptors (Lipinski definition) is 1. The number of nitrogens with two attached hydrogens (primary N) is 1. The maximum Gasteiger partial charge on any atom is 0.122 e. The zero-order valence-corrected chi connectivity index (χ0v) is 10.2. The molecule has 2 heteroatoms. The molecule has 0 bridgehead atoms. The molecule has 88 valence electrons. The van der Waals surface area contributed by atoms with Crippen molar-refractivity contribution >= 4 is 0 Å². The van der Waals surface area contributed by atoms with Gasteiger partial charge in [0.05, 0.1) is 7.05 Å². The number of nitrogens with zero attached hydrogens (tertiary/aromatic N) is 1. The minimum absolute atomic E-state index is 0.480. The Kier molecular flexibility index (Phi) is 3.57. The first kappa shape index (κ1) is 11.8. The van der Waals surface area contributed by atoms with Gasteiger partial charge < -0.3 is 0 Å². The molecule has 0 saturated heterocycles. The molecule has 0 radical (unpaired) electrons. The molecule has 0 aliphatic heterocycles. The standard InChI is InChI=1S/C15H19N2/c1-17(16,12-14-8-4-2-5-9-14)13-15-10-6-3-7-11-15/h2-11H,12-13,16H2,1H3/q+1. The van der Waals surface area contributed by atoms with Gasteiger partial charge >= 0.3 is 0 Å². The minimum atomic E-state index is 0.480. The van der Waals surface area contributed by atoms with Crippen molar-refractivity contribution in [3.05, 3.63) is 71.8 Å². The summed E-state index contributed by atoms with van der Waals surface area (Å²) in [5.74, 6) is 6.32. The van der Waals surface area contributed by atoms with Gasteiger partial charge in [0.15, 0.2) is 0 Å². The Labute approximate surface area is 103 Å². The van der Waals surface area contributed by atoms with Crippen LogP contribution in [-0.4, -0.2) is 11.6 Å². The molecule has 0 unspecified atom stereocenters. The highest BCUT2D eigenvalue weighted by molar-refractivity contribution is 5.15. The molecule has 2 aromatic rings. The second-order valence-electron chi connectivity index (χ2n) is 4.77. The third kappa shape index (κ3) is 3.70. The Morgan fingerprint density at radius 2 is 1.12 bits per heavy atom. The molecule has 0 saturated carbocycles. The fourth-order valence-electron chi connectivity index (χ4n) is 2.06. The minimum Gasteiger partial charge on any atom is -0.243 e. The van der Waals surface area contributed by atoms with Gasteiger partial charge in [-0.15, -0.1) is 0 Å². The number of hydrogen-bond donors (Lipinski definition) is 1. The van der Waals surface area contributed by atoms with Crippen molar-refractivity contribution in [2.45, 2.75) is 13.1 Å². The zero-order chi connectivity index (χ0) is 12.1. The maximum atomic E-state index is 6.32. The van der Waals surface area contributed by atoms with Crippen molar-refractivity contribution in [3.8, 4) is 0 Å². The van der Waals surface area contributed by atoms with Crippen LogP contribution < -0.4 is 5.84 Å². The first-order chi connectivity index (χ1) is 8.16. The van der Waals surface area contributed by atoms with Crippen LogP contribution in [-0.2, 0) is 13.1 Å². The summed E-state index contributed by atoms with van der Waals surface area (Å²) < 4.78 is 0.480. The van der Waals surface area contributed by atoms with Gasteiger partial charge in [-0.2, -0.15) is 5.84 Å². The van der Waals surface area contributed by atoms with Crippen LogP contribution in [0.5, 0.6) is 0 Å². The third-order valence-corrected chi connectivity index (χ3v) is 2.77. The van der Waals surface area contributed by atoms with Crippen molar-refractivity contribution in [1.82, 2.24) is 0 Å². The highest BCUT2D eigenvalue weighted by Crippen LogP contribution is 2.12. The molecule has 2 rings (SSSR count). The summed E-state index contributed by atoms with van der Waals surface area (Å²) in [5.41, 5.74) is 2.54. The summed E-state index contributed by atoms with van der Waals surface area (Å²) in [4.78, 5) is 0. The first-order valence-electron chi connectivity index (χ1n) is 5.87. The molecule has 0 atom stereocenters. The Morgan fingerprint density at radius 1 is 0.765 bits per heavy atom. The average Bonchev–Trinajstić information content (AvgIpc) is 2.30. The van der Waals surface area contributed by atoms with Crippen LogP contribution in [0.3, 0.4) is 0 Å². The number of quaternary nitrogens is 1. The van der Waals surface area contributed by atoms with Crippen LogP contribution in [0.15, 0.2) is 60.7 Å². The Bertz CT molecular complexity index is 405. The predicted octanol–water partition coefficient (Wildman–Crippen LogP) is 2.71. The monoisotopic (exact) mass is 227 g/mol. The van der Waals surface area contributed by atoms with Gasteiger partial charge in [-0.05, 0) is 0 Å². The lowest BCUT2D eigenvalue weighted by atomic mass is 10.1. The van der Waals surface area contributed by atoms with Crippen LogP contribution >= 0.6 is 0 Å². The number of rotatable bonds is 4. The Balaban J connectivity index is 2.04. The van der Waals surface area contributed by atoms with Gasteiger partial charge in [0.1, 0.15) is 13.1 Å². The van der Waals surface area contributed by atoms with Crippen molar-refractivity contribution in [1.29, 1.82) is 0 Å². The average molecular weight is 227 g/mol. The van der Waals surface area contributed by atoms with Crippen molar-refractivity contribution in [2.75, 3.05) is 7.05 Å². The Hall–Kier alpha value is -1.64. The highest BCUT2D eigenvalue weighted by atomic mass is 15.6. The van der Waals surface area contributed by atoms with Crippen LogP contribution in [0.2, 0.25) is 0 Å². The zero-order valence-electron chi connectivity index (χ0n) is 10.2. The molecular formula is C15H19N2+. The molecular weight excluding hydrogens is 208 g/mol. The van der Waals surface area contributed by atoms with E-state index >= 15 is 0 Å². The molecule has 0 aliphatic carbocycles. The van der Waals surface area contributed by atoms with Gasteiger partial charge in [0.25, 0.3) is 0 Å². The fourth-order valence-corrected chi connectivity index (χ4v) is 2.06. The summed E-state index contributed by atoms with van der Waals surface area (Å²) in [6, 6.07) is 20.7. The van der Waals surface area contributed by atoms with Gasteiger partial charge in [-0.25, -0.2) is 4.59 Å². The quantitative estimate of drug-likeness (QED) is 0.485.